The number of anilines is 1. The van der Waals surface area contributed by atoms with E-state index in [9.17, 15) is 5.11 Å². The Morgan fingerprint density at radius 1 is 1.29 bits per heavy atom. The third-order valence-corrected chi connectivity index (χ3v) is 4.67. The monoisotopic (exact) mass is 286 g/mol. The van der Waals surface area contributed by atoms with Gasteiger partial charge in [-0.1, -0.05) is 26.8 Å². The molecular weight excluding hydrogens is 260 g/mol. The van der Waals surface area contributed by atoms with Crippen molar-refractivity contribution in [2.24, 2.45) is 11.3 Å². The Labute approximate surface area is 128 Å². The van der Waals surface area contributed by atoms with E-state index in [2.05, 4.69) is 31.7 Å². The van der Waals surface area contributed by atoms with Gasteiger partial charge < -0.3 is 10.0 Å². The van der Waals surface area contributed by atoms with Gasteiger partial charge in [0.2, 0.25) is 0 Å². The molecule has 1 aromatic rings. The summed E-state index contributed by atoms with van der Waals surface area (Å²) in [6.07, 6.45) is 1.83. The molecule has 1 aliphatic rings. The molecule has 0 bridgehead atoms. The number of aliphatic hydroxyl groups excluding tert-OH is 1. The van der Waals surface area contributed by atoms with Crippen LogP contribution in [-0.4, -0.2) is 18.2 Å². The van der Waals surface area contributed by atoms with Crippen molar-refractivity contribution in [2.75, 3.05) is 18.0 Å². The Hall–Kier alpha value is -1.53. The van der Waals surface area contributed by atoms with Gasteiger partial charge in [0.15, 0.2) is 0 Å². The Morgan fingerprint density at radius 2 is 1.90 bits per heavy atom. The summed E-state index contributed by atoms with van der Waals surface area (Å²) in [5.41, 5.74) is 2.96. The van der Waals surface area contributed by atoms with Crippen LogP contribution in [0, 0.1) is 22.7 Å². The molecule has 2 rings (SSSR count). The smallest absolute Gasteiger partial charge is 0.0992 e. The van der Waals surface area contributed by atoms with Gasteiger partial charge in [-0.25, -0.2) is 0 Å². The van der Waals surface area contributed by atoms with Gasteiger partial charge in [-0.15, -0.1) is 0 Å². The van der Waals surface area contributed by atoms with Crippen LogP contribution in [0.1, 0.15) is 57.8 Å². The van der Waals surface area contributed by atoms with E-state index < -0.39 is 6.10 Å². The lowest BCUT2D eigenvalue weighted by atomic mass is 9.75. The lowest BCUT2D eigenvalue weighted by molar-refractivity contribution is 0.193. The normalized spacial score (nSPS) is 18.4. The number of benzene rings is 1. The van der Waals surface area contributed by atoms with E-state index in [1.165, 1.54) is 12.8 Å². The molecule has 0 saturated carbocycles. The molecule has 1 N–H and O–H groups in total. The van der Waals surface area contributed by atoms with E-state index in [0.29, 0.717) is 11.0 Å². The summed E-state index contributed by atoms with van der Waals surface area (Å²) in [5, 5.41) is 19.1. The molecule has 0 radical (unpaired) electrons. The average Bonchev–Trinajstić information content (AvgIpc) is 2.45. The van der Waals surface area contributed by atoms with Crippen LogP contribution in [0.2, 0.25) is 0 Å². The number of nitrogens with zero attached hydrogens (tertiary/aromatic N) is 2. The lowest BCUT2D eigenvalue weighted by Crippen LogP contribution is -2.38. The fourth-order valence-corrected chi connectivity index (χ4v) is 3.23. The molecule has 1 aromatic carbocycles. The number of hydrogen-bond acceptors (Lipinski definition) is 3. The molecule has 1 saturated heterocycles. The first kappa shape index (κ1) is 15.9. The minimum atomic E-state index is -0.506. The second-order valence-electron chi connectivity index (χ2n) is 7.19. The molecule has 1 fully saturated rings. The molecular formula is C18H26N2O. The van der Waals surface area contributed by atoms with Gasteiger partial charge in [-0.3, -0.25) is 0 Å². The third kappa shape index (κ3) is 3.57. The largest absolute Gasteiger partial charge is 0.389 e. The number of hydrogen-bond donors (Lipinski definition) is 1. The molecule has 114 valence electrons. The predicted molar refractivity (Wildman–Crippen MR) is 86.2 cm³/mol. The van der Waals surface area contributed by atoms with E-state index in [1.54, 1.807) is 13.0 Å². The van der Waals surface area contributed by atoms with Gasteiger partial charge in [-0.05, 0) is 43.2 Å². The molecule has 1 heterocycles. The van der Waals surface area contributed by atoms with Crippen molar-refractivity contribution in [1.29, 1.82) is 5.26 Å². The highest BCUT2D eigenvalue weighted by Crippen LogP contribution is 2.37. The summed E-state index contributed by atoms with van der Waals surface area (Å²) in [4.78, 5) is 2.32. The lowest BCUT2D eigenvalue weighted by Gasteiger charge is -2.40. The first-order valence-electron chi connectivity index (χ1n) is 7.80. The molecule has 3 nitrogen and oxygen atoms in total. The summed E-state index contributed by atoms with van der Waals surface area (Å²) >= 11 is 0. The Kier molecular flexibility index (Phi) is 4.58. The van der Waals surface area contributed by atoms with Crippen molar-refractivity contribution in [2.45, 2.75) is 46.6 Å². The average molecular weight is 286 g/mol. The maximum atomic E-state index is 9.97. The Bertz CT molecular complexity index is 529. The summed E-state index contributed by atoms with van der Waals surface area (Å²) in [7, 11) is 0. The van der Waals surface area contributed by atoms with Crippen LogP contribution in [0.3, 0.4) is 0 Å². The van der Waals surface area contributed by atoms with Crippen molar-refractivity contribution in [3.8, 4) is 6.07 Å². The quantitative estimate of drug-likeness (QED) is 0.897. The second-order valence-corrected chi connectivity index (χ2v) is 7.19. The van der Waals surface area contributed by atoms with Crippen molar-refractivity contribution < 1.29 is 5.11 Å². The molecule has 1 unspecified atom stereocenters. The van der Waals surface area contributed by atoms with Crippen LogP contribution >= 0.6 is 0 Å². The van der Waals surface area contributed by atoms with Gasteiger partial charge in [-0.2, -0.15) is 5.26 Å². The fraction of sp³-hybridized carbons (Fsp3) is 0.611. The van der Waals surface area contributed by atoms with Crippen molar-refractivity contribution in [3.63, 3.8) is 0 Å². The molecule has 0 aromatic heterocycles. The zero-order valence-electron chi connectivity index (χ0n) is 13.6. The minimum Gasteiger partial charge on any atom is -0.389 e. The predicted octanol–water partition coefficient (Wildman–Crippen LogP) is 3.87. The second kappa shape index (κ2) is 6.07. The number of rotatable bonds is 2. The van der Waals surface area contributed by atoms with E-state index in [1.807, 2.05) is 12.1 Å². The Balaban J connectivity index is 2.21. The molecule has 21 heavy (non-hydrogen) atoms. The molecule has 0 aliphatic carbocycles. The van der Waals surface area contributed by atoms with Gasteiger partial charge in [0.1, 0.15) is 0 Å². The standard InChI is InChI=1S/C18H26N2O/c1-13(21)16-6-5-14(12-19)11-17(16)20-9-7-15(8-10-20)18(2,3)4/h5-6,11,13,15,21H,7-10H2,1-4H3. The van der Waals surface area contributed by atoms with Crippen molar-refractivity contribution in [1.82, 2.24) is 0 Å². The summed E-state index contributed by atoms with van der Waals surface area (Å²) in [6, 6.07) is 7.78. The van der Waals surface area contributed by atoms with Gasteiger partial charge in [0.05, 0.1) is 17.7 Å². The highest BCUT2D eigenvalue weighted by atomic mass is 16.3. The van der Waals surface area contributed by atoms with Crippen LogP contribution in [0.15, 0.2) is 18.2 Å². The van der Waals surface area contributed by atoms with Crippen LogP contribution in [0.5, 0.6) is 0 Å². The molecule has 0 spiro atoms. The summed E-state index contributed by atoms with van der Waals surface area (Å²) < 4.78 is 0. The highest BCUT2D eigenvalue weighted by molar-refractivity contribution is 5.58. The number of nitriles is 1. The van der Waals surface area contributed by atoms with E-state index in [4.69, 9.17) is 5.26 Å². The van der Waals surface area contributed by atoms with Gasteiger partial charge in [0, 0.05) is 24.3 Å². The summed E-state index contributed by atoms with van der Waals surface area (Å²) in [5.74, 6) is 0.739. The first-order valence-corrected chi connectivity index (χ1v) is 7.80. The molecule has 0 amide bonds. The van der Waals surface area contributed by atoms with E-state index in [-0.39, 0.29) is 0 Å². The zero-order chi connectivity index (χ0) is 15.6. The molecule has 3 heteroatoms. The van der Waals surface area contributed by atoms with Gasteiger partial charge >= 0.3 is 0 Å². The van der Waals surface area contributed by atoms with Crippen molar-refractivity contribution >= 4 is 5.69 Å². The molecule has 1 aliphatic heterocycles. The number of piperidine rings is 1. The van der Waals surface area contributed by atoms with Gasteiger partial charge in [0.25, 0.3) is 0 Å². The van der Waals surface area contributed by atoms with Crippen LogP contribution in [0.4, 0.5) is 5.69 Å². The maximum absolute atomic E-state index is 9.97. The van der Waals surface area contributed by atoms with E-state index >= 15 is 0 Å². The Morgan fingerprint density at radius 3 is 2.38 bits per heavy atom. The van der Waals surface area contributed by atoms with E-state index in [0.717, 1.165) is 30.3 Å². The highest BCUT2D eigenvalue weighted by Gasteiger charge is 2.29. The number of aliphatic hydroxyl groups is 1. The first-order chi connectivity index (χ1) is 9.82. The SMILES string of the molecule is CC(O)c1ccc(C#N)cc1N1CCC(C(C)(C)C)CC1. The molecule has 1 atom stereocenters. The van der Waals surface area contributed by atoms with Crippen molar-refractivity contribution in [3.05, 3.63) is 29.3 Å². The van der Waals surface area contributed by atoms with Crippen LogP contribution < -0.4 is 4.90 Å². The topological polar surface area (TPSA) is 47.3 Å². The minimum absolute atomic E-state index is 0.355. The van der Waals surface area contributed by atoms with Crippen LogP contribution in [-0.2, 0) is 0 Å². The third-order valence-electron chi connectivity index (χ3n) is 4.67. The zero-order valence-corrected chi connectivity index (χ0v) is 13.6. The fourth-order valence-electron chi connectivity index (χ4n) is 3.23. The van der Waals surface area contributed by atoms with Crippen LogP contribution in [0.25, 0.3) is 0 Å². The summed E-state index contributed by atoms with van der Waals surface area (Å²) in [6.45, 7) is 10.7. The maximum Gasteiger partial charge on any atom is 0.0992 e.